The van der Waals surface area contributed by atoms with Crippen LogP contribution in [0, 0.1) is 5.82 Å². The predicted octanol–water partition coefficient (Wildman–Crippen LogP) is 3.11. The quantitative estimate of drug-likeness (QED) is 0.413. The molecule has 160 valence electrons. The summed E-state index contributed by atoms with van der Waals surface area (Å²) < 4.78 is 24.3. The van der Waals surface area contributed by atoms with E-state index in [0.717, 1.165) is 0 Å². The Morgan fingerprint density at radius 2 is 1.90 bits per heavy atom. The fraction of sp³-hybridized carbons (Fsp3) is 0.136. The monoisotopic (exact) mass is 423 g/mol. The van der Waals surface area contributed by atoms with Crippen molar-refractivity contribution in [1.29, 1.82) is 0 Å². The number of benzene rings is 2. The first-order valence-electron chi connectivity index (χ1n) is 9.24. The molecule has 3 rings (SSSR count). The van der Waals surface area contributed by atoms with Gasteiger partial charge in [0.1, 0.15) is 11.7 Å². The topological polar surface area (TPSA) is 125 Å². The van der Waals surface area contributed by atoms with Crippen molar-refractivity contribution in [3.8, 4) is 5.75 Å². The zero-order chi connectivity index (χ0) is 22.4. The summed E-state index contributed by atoms with van der Waals surface area (Å²) in [6.07, 6.45) is 1.40. The number of halogens is 1. The average molecular weight is 423 g/mol. The van der Waals surface area contributed by atoms with Gasteiger partial charge in [0.2, 0.25) is 0 Å². The zero-order valence-electron chi connectivity index (χ0n) is 17.0. The lowest BCUT2D eigenvalue weighted by Gasteiger charge is -2.16. The van der Waals surface area contributed by atoms with Crippen molar-refractivity contribution < 1.29 is 18.7 Å². The first-order valence-corrected chi connectivity index (χ1v) is 9.24. The van der Waals surface area contributed by atoms with Crippen molar-refractivity contribution in [2.24, 2.45) is 10.7 Å². The number of nitrogens with one attached hydrogen (secondary N) is 1. The summed E-state index contributed by atoms with van der Waals surface area (Å²) in [5.41, 5.74) is 13.7. The van der Waals surface area contributed by atoms with E-state index in [-0.39, 0.29) is 17.5 Å². The summed E-state index contributed by atoms with van der Waals surface area (Å²) in [6.45, 7) is 0. The second-order valence-electron chi connectivity index (χ2n) is 6.52. The van der Waals surface area contributed by atoms with Crippen LogP contribution in [0.3, 0.4) is 0 Å². The molecule has 0 bridgehead atoms. The van der Waals surface area contributed by atoms with Crippen molar-refractivity contribution in [2.45, 2.75) is 6.04 Å². The highest BCUT2D eigenvalue weighted by Gasteiger charge is 2.18. The number of nitrogen functional groups attached to an aromatic ring is 1. The normalized spacial score (nSPS) is 12.2. The first-order chi connectivity index (χ1) is 14.9. The Balaban J connectivity index is 1.94. The number of rotatable bonds is 6. The fourth-order valence-corrected chi connectivity index (χ4v) is 2.90. The van der Waals surface area contributed by atoms with Gasteiger partial charge in [0.05, 0.1) is 26.1 Å². The third-order valence-corrected chi connectivity index (χ3v) is 4.44. The van der Waals surface area contributed by atoms with E-state index in [1.165, 1.54) is 38.6 Å². The van der Waals surface area contributed by atoms with E-state index in [1.54, 1.807) is 36.4 Å². The van der Waals surface area contributed by atoms with Gasteiger partial charge in [-0.25, -0.2) is 14.4 Å². The molecule has 0 saturated heterocycles. The molecule has 1 heterocycles. The summed E-state index contributed by atoms with van der Waals surface area (Å²) >= 11 is 0. The molecule has 0 aliphatic carbocycles. The molecule has 1 aromatic heterocycles. The van der Waals surface area contributed by atoms with Crippen LogP contribution in [0.2, 0.25) is 0 Å². The Hall–Kier alpha value is -4.14. The van der Waals surface area contributed by atoms with Crippen molar-refractivity contribution in [3.63, 3.8) is 0 Å². The average Bonchev–Trinajstić information content (AvgIpc) is 2.77. The van der Waals surface area contributed by atoms with Gasteiger partial charge < -0.3 is 26.3 Å². The van der Waals surface area contributed by atoms with Crippen LogP contribution in [0.5, 0.6) is 5.75 Å². The van der Waals surface area contributed by atoms with Crippen LogP contribution >= 0.6 is 0 Å². The van der Waals surface area contributed by atoms with Gasteiger partial charge in [-0.2, -0.15) is 0 Å². The molecule has 8 nitrogen and oxygen atoms in total. The van der Waals surface area contributed by atoms with E-state index in [2.05, 4.69) is 15.3 Å². The van der Waals surface area contributed by atoms with E-state index in [9.17, 15) is 9.18 Å². The molecule has 0 fully saturated rings. The molecule has 1 amide bonds. The molecular weight excluding hydrogens is 401 g/mol. The van der Waals surface area contributed by atoms with Crippen molar-refractivity contribution >= 4 is 23.3 Å². The second-order valence-corrected chi connectivity index (χ2v) is 6.52. The summed E-state index contributed by atoms with van der Waals surface area (Å²) in [7, 11) is 2.78. The van der Waals surface area contributed by atoms with E-state index >= 15 is 0 Å². The van der Waals surface area contributed by atoms with E-state index in [1.807, 2.05) is 0 Å². The minimum absolute atomic E-state index is 0.0678. The molecular formula is C22H22FN5O3. The molecule has 0 saturated carbocycles. The highest BCUT2D eigenvalue weighted by atomic mass is 19.1. The van der Waals surface area contributed by atoms with Gasteiger partial charge in [-0.15, -0.1) is 0 Å². The Kier molecular flexibility index (Phi) is 6.66. The third-order valence-electron chi connectivity index (χ3n) is 4.44. The standard InChI is InChI=1S/C22H22FN5O3/c1-30-19-9-6-14(11-17(19)23)20(28-22(25)31-2)13-4-3-5-16(10-13)27-21(29)18-8-7-15(24)12-26-18/h3-12,20H,24H2,1-2H3,(H2,25,28)(H,27,29). The van der Waals surface area contributed by atoms with Crippen molar-refractivity contribution in [2.75, 3.05) is 25.3 Å². The Bertz CT molecular complexity index is 1100. The number of methoxy groups -OCH3 is 2. The number of ether oxygens (including phenoxy) is 2. The van der Waals surface area contributed by atoms with Gasteiger partial charge >= 0.3 is 0 Å². The SMILES string of the molecule is CO/C(N)=N\C(c1cccc(NC(=O)c2ccc(N)cn2)c1)c1ccc(OC)c(F)c1. The van der Waals surface area contributed by atoms with Gasteiger partial charge in [0, 0.05) is 5.69 Å². The predicted molar refractivity (Wildman–Crippen MR) is 116 cm³/mol. The molecule has 2 aromatic carbocycles. The van der Waals surface area contributed by atoms with Crippen molar-refractivity contribution in [1.82, 2.24) is 4.98 Å². The molecule has 0 spiro atoms. The minimum Gasteiger partial charge on any atom is -0.494 e. The summed E-state index contributed by atoms with van der Waals surface area (Å²) in [5, 5.41) is 2.77. The van der Waals surface area contributed by atoms with Crippen LogP contribution in [0.4, 0.5) is 15.8 Å². The smallest absolute Gasteiger partial charge is 0.282 e. The molecule has 1 atom stereocenters. The zero-order valence-corrected chi connectivity index (χ0v) is 17.0. The lowest BCUT2D eigenvalue weighted by atomic mass is 9.98. The molecule has 3 aromatic rings. The number of nitrogens with two attached hydrogens (primary N) is 2. The van der Waals surface area contributed by atoms with Crippen LogP contribution in [-0.4, -0.2) is 31.1 Å². The second kappa shape index (κ2) is 9.57. The van der Waals surface area contributed by atoms with Gasteiger partial charge in [0.15, 0.2) is 11.6 Å². The summed E-state index contributed by atoms with van der Waals surface area (Å²) in [6, 6.07) is 13.9. The number of aliphatic imine (C=N–C) groups is 1. The summed E-state index contributed by atoms with van der Waals surface area (Å²) in [4.78, 5) is 20.8. The molecule has 0 aliphatic heterocycles. The van der Waals surface area contributed by atoms with Crippen LogP contribution in [0.1, 0.15) is 27.7 Å². The van der Waals surface area contributed by atoms with Crippen LogP contribution in [0.15, 0.2) is 65.8 Å². The minimum atomic E-state index is -0.674. The van der Waals surface area contributed by atoms with Gasteiger partial charge in [0.25, 0.3) is 11.9 Å². The summed E-state index contributed by atoms with van der Waals surface area (Å²) in [5.74, 6) is -0.817. The number of anilines is 2. The van der Waals surface area contributed by atoms with E-state index in [0.29, 0.717) is 22.5 Å². The van der Waals surface area contributed by atoms with Crippen molar-refractivity contribution in [3.05, 3.63) is 83.4 Å². The molecule has 0 radical (unpaired) electrons. The molecule has 31 heavy (non-hydrogen) atoms. The molecule has 0 aliphatic rings. The first kappa shape index (κ1) is 21.6. The molecule has 1 unspecified atom stereocenters. The number of carbonyl (C=O) groups excluding carboxylic acids is 1. The number of pyridine rings is 1. The maximum absolute atomic E-state index is 14.3. The van der Waals surface area contributed by atoms with Gasteiger partial charge in [-0.05, 0) is 47.5 Å². The number of nitrogens with zero attached hydrogens (tertiary/aromatic N) is 2. The largest absolute Gasteiger partial charge is 0.494 e. The highest BCUT2D eigenvalue weighted by molar-refractivity contribution is 6.03. The maximum Gasteiger partial charge on any atom is 0.282 e. The number of hydrogen-bond acceptors (Lipinski definition) is 6. The fourth-order valence-electron chi connectivity index (χ4n) is 2.90. The lowest BCUT2D eigenvalue weighted by molar-refractivity contribution is 0.102. The Morgan fingerprint density at radius 3 is 2.55 bits per heavy atom. The highest BCUT2D eigenvalue weighted by Crippen LogP contribution is 2.31. The number of carbonyl (C=O) groups is 1. The van der Waals surface area contributed by atoms with E-state index < -0.39 is 17.8 Å². The lowest BCUT2D eigenvalue weighted by Crippen LogP contribution is -2.16. The third kappa shape index (κ3) is 5.27. The Labute approximate surface area is 178 Å². The van der Waals surface area contributed by atoms with Crippen LogP contribution < -0.4 is 21.5 Å². The molecule has 5 N–H and O–H groups in total. The number of hydrogen-bond donors (Lipinski definition) is 3. The van der Waals surface area contributed by atoms with Crippen LogP contribution in [-0.2, 0) is 4.74 Å². The molecule has 9 heteroatoms. The Morgan fingerprint density at radius 1 is 1.13 bits per heavy atom. The number of amides is 1. The number of aromatic nitrogens is 1. The van der Waals surface area contributed by atoms with E-state index in [4.69, 9.17) is 20.9 Å². The van der Waals surface area contributed by atoms with Crippen LogP contribution in [0.25, 0.3) is 0 Å². The number of amidine groups is 1. The van der Waals surface area contributed by atoms with Gasteiger partial charge in [-0.1, -0.05) is 18.2 Å². The maximum atomic E-state index is 14.3. The van der Waals surface area contributed by atoms with Gasteiger partial charge in [-0.3, -0.25) is 4.79 Å².